The summed E-state index contributed by atoms with van der Waals surface area (Å²) in [5.74, 6) is 1.20. The van der Waals surface area contributed by atoms with E-state index in [2.05, 4.69) is 15.1 Å². The van der Waals surface area contributed by atoms with Gasteiger partial charge in [0, 0.05) is 19.0 Å². The van der Waals surface area contributed by atoms with E-state index >= 15 is 0 Å². The predicted octanol–water partition coefficient (Wildman–Crippen LogP) is 2.92. The first-order valence-corrected chi connectivity index (χ1v) is 6.53. The Balaban J connectivity index is 1.73. The molecule has 1 aromatic heterocycles. The van der Waals surface area contributed by atoms with Crippen LogP contribution in [0.15, 0.2) is 36.4 Å². The molecule has 1 aromatic carbocycles. The molecule has 0 spiro atoms. The molecule has 0 N–H and O–H groups in total. The molecule has 2 aromatic rings. The summed E-state index contributed by atoms with van der Waals surface area (Å²) < 4.78 is 12.9. The number of benzene rings is 1. The molecular weight excluding hydrogens is 241 g/mol. The highest BCUT2D eigenvalue weighted by Gasteiger charge is 2.24. The summed E-state index contributed by atoms with van der Waals surface area (Å²) in [7, 11) is 0. The van der Waals surface area contributed by atoms with E-state index in [0.717, 1.165) is 31.0 Å². The smallest absolute Gasteiger partial charge is 0.151 e. The van der Waals surface area contributed by atoms with Gasteiger partial charge in [0.05, 0.1) is 5.69 Å². The lowest BCUT2D eigenvalue weighted by molar-refractivity contribution is 0.625. The highest BCUT2D eigenvalue weighted by Crippen LogP contribution is 2.29. The van der Waals surface area contributed by atoms with Crippen molar-refractivity contribution in [2.75, 3.05) is 18.0 Å². The number of hydrogen-bond acceptors (Lipinski definition) is 3. The van der Waals surface area contributed by atoms with Gasteiger partial charge in [-0.25, -0.2) is 4.39 Å². The van der Waals surface area contributed by atoms with Crippen LogP contribution in [0.25, 0.3) is 0 Å². The van der Waals surface area contributed by atoms with Crippen molar-refractivity contribution in [2.24, 2.45) is 0 Å². The molecule has 0 aliphatic carbocycles. The fourth-order valence-electron chi connectivity index (χ4n) is 2.54. The average molecular weight is 257 g/mol. The summed E-state index contributed by atoms with van der Waals surface area (Å²) >= 11 is 0. The zero-order valence-electron chi connectivity index (χ0n) is 10.9. The van der Waals surface area contributed by atoms with Crippen molar-refractivity contribution in [3.8, 4) is 0 Å². The van der Waals surface area contributed by atoms with E-state index in [0.29, 0.717) is 5.92 Å². The Kier molecular flexibility index (Phi) is 3.15. The van der Waals surface area contributed by atoms with Crippen LogP contribution in [0.5, 0.6) is 0 Å². The second kappa shape index (κ2) is 4.96. The maximum absolute atomic E-state index is 12.9. The number of hydrogen-bond donors (Lipinski definition) is 0. The normalized spacial score (nSPS) is 18.8. The average Bonchev–Trinajstić information content (AvgIpc) is 2.90. The minimum absolute atomic E-state index is 0.178. The number of halogens is 1. The zero-order chi connectivity index (χ0) is 13.2. The Morgan fingerprint density at radius 3 is 2.58 bits per heavy atom. The van der Waals surface area contributed by atoms with E-state index in [-0.39, 0.29) is 5.82 Å². The van der Waals surface area contributed by atoms with Crippen molar-refractivity contribution in [1.29, 1.82) is 0 Å². The molecule has 0 saturated carbocycles. The highest BCUT2D eigenvalue weighted by molar-refractivity contribution is 5.40. The van der Waals surface area contributed by atoms with Gasteiger partial charge in [0.2, 0.25) is 0 Å². The van der Waals surface area contributed by atoms with Crippen molar-refractivity contribution in [1.82, 2.24) is 10.2 Å². The largest absolute Gasteiger partial charge is 0.354 e. The van der Waals surface area contributed by atoms with E-state index in [1.165, 1.54) is 17.7 Å². The fraction of sp³-hybridized carbons (Fsp3) is 0.333. The van der Waals surface area contributed by atoms with Gasteiger partial charge >= 0.3 is 0 Å². The summed E-state index contributed by atoms with van der Waals surface area (Å²) in [6.45, 7) is 3.82. The maximum Gasteiger partial charge on any atom is 0.151 e. The van der Waals surface area contributed by atoms with Gasteiger partial charge in [-0.05, 0) is 43.2 Å². The summed E-state index contributed by atoms with van der Waals surface area (Å²) in [6.07, 6.45) is 1.07. The van der Waals surface area contributed by atoms with Crippen LogP contribution in [-0.4, -0.2) is 23.3 Å². The molecule has 1 atom stereocenters. The quantitative estimate of drug-likeness (QED) is 0.828. The Morgan fingerprint density at radius 1 is 1.11 bits per heavy atom. The van der Waals surface area contributed by atoms with Crippen molar-refractivity contribution in [3.63, 3.8) is 0 Å². The van der Waals surface area contributed by atoms with Crippen LogP contribution in [0.4, 0.5) is 10.2 Å². The van der Waals surface area contributed by atoms with E-state index in [1.807, 2.05) is 31.2 Å². The van der Waals surface area contributed by atoms with Crippen LogP contribution in [-0.2, 0) is 0 Å². The van der Waals surface area contributed by atoms with Crippen molar-refractivity contribution < 1.29 is 4.39 Å². The van der Waals surface area contributed by atoms with Gasteiger partial charge in [0.1, 0.15) is 5.82 Å². The first-order chi connectivity index (χ1) is 9.22. The number of rotatable bonds is 2. The summed E-state index contributed by atoms with van der Waals surface area (Å²) in [4.78, 5) is 2.24. The van der Waals surface area contributed by atoms with Crippen LogP contribution in [0.3, 0.4) is 0 Å². The van der Waals surface area contributed by atoms with Crippen molar-refractivity contribution in [2.45, 2.75) is 19.3 Å². The van der Waals surface area contributed by atoms with E-state index < -0.39 is 0 Å². The Hall–Kier alpha value is -1.97. The molecule has 4 heteroatoms. The van der Waals surface area contributed by atoms with Gasteiger partial charge in [-0.2, -0.15) is 5.10 Å². The summed E-state index contributed by atoms with van der Waals surface area (Å²) in [5.41, 5.74) is 2.13. The second-order valence-corrected chi connectivity index (χ2v) is 5.02. The monoisotopic (exact) mass is 257 g/mol. The molecule has 0 bridgehead atoms. The van der Waals surface area contributed by atoms with Gasteiger partial charge in [-0.15, -0.1) is 5.10 Å². The second-order valence-electron chi connectivity index (χ2n) is 5.02. The van der Waals surface area contributed by atoms with Crippen molar-refractivity contribution in [3.05, 3.63) is 53.5 Å². The lowest BCUT2D eigenvalue weighted by Gasteiger charge is -2.17. The summed E-state index contributed by atoms with van der Waals surface area (Å²) in [6, 6.07) is 10.8. The minimum Gasteiger partial charge on any atom is -0.354 e. The molecular formula is C15H16FN3. The van der Waals surface area contributed by atoms with Crippen LogP contribution >= 0.6 is 0 Å². The van der Waals surface area contributed by atoms with Gasteiger partial charge in [-0.3, -0.25) is 0 Å². The Bertz CT molecular complexity index is 499. The standard InChI is InChI=1S/C15H16FN3/c1-11-2-7-15(18-17-11)19-9-8-13(10-19)12-3-5-14(16)6-4-12/h2-7,13H,8-10H2,1H3/t13-/m0/s1. The fourth-order valence-corrected chi connectivity index (χ4v) is 2.54. The molecule has 98 valence electrons. The lowest BCUT2D eigenvalue weighted by atomic mass is 9.99. The van der Waals surface area contributed by atoms with Crippen molar-refractivity contribution >= 4 is 5.82 Å². The van der Waals surface area contributed by atoms with Crippen LogP contribution in [0.1, 0.15) is 23.6 Å². The Labute approximate surface area is 112 Å². The third-order valence-corrected chi connectivity index (χ3v) is 3.64. The Morgan fingerprint density at radius 2 is 1.89 bits per heavy atom. The molecule has 0 unspecified atom stereocenters. The third-order valence-electron chi connectivity index (χ3n) is 3.64. The predicted molar refractivity (Wildman–Crippen MR) is 72.7 cm³/mol. The lowest BCUT2D eigenvalue weighted by Crippen LogP contribution is -2.20. The van der Waals surface area contributed by atoms with Gasteiger partial charge in [-0.1, -0.05) is 12.1 Å². The molecule has 2 heterocycles. The molecule has 1 aliphatic rings. The molecule has 0 amide bonds. The molecule has 3 nitrogen and oxygen atoms in total. The van der Waals surface area contributed by atoms with E-state index in [4.69, 9.17) is 0 Å². The number of aromatic nitrogens is 2. The van der Waals surface area contributed by atoms with Gasteiger partial charge in [0.15, 0.2) is 5.82 Å². The number of aryl methyl sites for hydroxylation is 1. The molecule has 1 fully saturated rings. The van der Waals surface area contributed by atoms with Gasteiger partial charge < -0.3 is 4.90 Å². The third kappa shape index (κ3) is 2.57. The highest BCUT2D eigenvalue weighted by atomic mass is 19.1. The van der Waals surface area contributed by atoms with Crippen LogP contribution in [0.2, 0.25) is 0 Å². The molecule has 1 saturated heterocycles. The molecule has 3 rings (SSSR count). The molecule has 0 radical (unpaired) electrons. The summed E-state index contributed by atoms with van der Waals surface area (Å²) in [5, 5.41) is 8.31. The first-order valence-electron chi connectivity index (χ1n) is 6.53. The van der Waals surface area contributed by atoms with Crippen LogP contribution < -0.4 is 4.90 Å². The molecule has 19 heavy (non-hydrogen) atoms. The first kappa shape index (κ1) is 12.1. The minimum atomic E-state index is -0.178. The topological polar surface area (TPSA) is 29.0 Å². The molecule has 1 aliphatic heterocycles. The van der Waals surface area contributed by atoms with E-state index in [9.17, 15) is 4.39 Å². The maximum atomic E-state index is 12.9. The SMILES string of the molecule is Cc1ccc(N2CC[C@H](c3ccc(F)cc3)C2)nn1. The zero-order valence-corrected chi connectivity index (χ0v) is 10.9. The number of anilines is 1. The van der Waals surface area contributed by atoms with Crippen LogP contribution in [0, 0.1) is 12.7 Å². The van der Waals surface area contributed by atoms with E-state index in [1.54, 1.807) is 0 Å². The van der Waals surface area contributed by atoms with Gasteiger partial charge in [0.25, 0.3) is 0 Å². The number of nitrogens with zero attached hydrogens (tertiary/aromatic N) is 3.